The third-order valence-corrected chi connectivity index (χ3v) is 3.11. The van der Waals surface area contributed by atoms with Crippen molar-refractivity contribution in [3.63, 3.8) is 0 Å². The molecule has 2 N–H and O–H groups in total. The van der Waals surface area contributed by atoms with E-state index in [0.29, 0.717) is 5.92 Å². The van der Waals surface area contributed by atoms with Crippen molar-refractivity contribution in [3.8, 4) is 0 Å². The normalized spacial score (nSPS) is 19.1. The van der Waals surface area contributed by atoms with Gasteiger partial charge in [0.15, 0.2) is 0 Å². The molecule has 2 nitrogen and oxygen atoms in total. The van der Waals surface area contributed by atoms with Gasteiger partial charge in [-0.05, 0) is 38.3 Å². The fourth-order valence-electron chi connectivity index (χ4n) is 1.86. The molecule has 0 aliphatic heterocycles. The molecule has 2 rings (SSSR count). The molecule has 1 unspecified atom stereocenters. The minimum Gasteiger partial charge on any atom is -0.384 e. The monoisotopic (exact) mass is 241 g/mol. The quantitative estimate of drug-likeness (QED) is 0.828. The lowest BCUT2D eigenvalue weighted by molar-refractivity contribution is 0.0530. The summed E-state index contributed by atoms with van der Waals surface area (Å²) in [4.78, 5) is 0. The second kappa shape index (κ2) is 4.70. The lowest BCUT2D eigenvalue weighted by Gasteiger charge is -2.24. The van der Waals surface area contributed by atoms with E-state index in [4.69, 9.17) is 0 Å². The van der Waals surface area contributed by atoms with E-state index in [1.807, 2.05) is 0 Å². The molecule has 1 aromatic carbocycles. The highest BCUT2D eigenvalue weighted by molar-refractivity contribution is 5.24. The van der Waals surface area contributed by atoms with Crippen molar-refractivity contribution in [3.05, 3.63) is 35.4 Å². The molecule has 1 aromatic rings. The van der Waals surface area contributed by atoms with Crippen LogP contribution in [0.4, 0.5) is 8.78 Å². The van der Waals surface area contributed by atoms with Crippen LogP contribution in [0.15, 0.2) is 18.2 Å². The minimum absolute atomic E-state index is 0.127. The van der Waals surface area contributed by atoms with Crippen LogP contribution in [0.25, 0.3) is 0 Å². The predicted octanol–water partition coefficient (Wildman–Crippen LogP) is 2.17. The summed E-state index contributed by atoms with van der Waals surface area (Å²) in [5.74, 6) is -0.639. The summed E-state index contributed by atoms with van der Waals surface area (Å²) in [6.07, 6.45) is 2.44. The molecule has 0 saturated heterocycles. The van der Waals surface area contributed by atoms with Gasteiger partial charge in [-0.2, -0.15) is 0 Å². The van der Waals surface area contributed by atoms with Gasteiger partial charge in [-0.1, -0.05) is 6.07 Å². The Hall–Kier alpha value is -1.00. The zero-order valence-electron chi connectivity index (χ0n) is 9.84. The molecule has 1 aliphatic carbocycles. The van der Waals surface area contributed by atoms with Crippen LogP contribution < -0.4 is 5.32 Å². The van der Waals surface area contributed by atoms with Crippen LogP contribution in [-0.2, 0) is 5.60 Å². The Morgan fingerprint density at radius 2 is 2.12 bits per heavy atom. The van der Waals surface area contributed by atoms with Gasteiger partial charge in [0.05, 0.1) is 0 Å². The maximum Gasteiger partial charge on any atom is 0.132 e. The summed E-state index contributed by atoms with van der Waals surface area (Å²) in [7, 11) is 0. The second-order valence-corrected chi connectivity index (χ2v) is 4.97. The van der Waals surface area contributed by atoms with Gasteiger partial charge in [0, 0.05) is 18.2 Å². The summed E-state index contributed by atoms with van der Waals surface area (Å²) < 4.78 is 26.3. The third-order valence-electron chi connectivity index (χ3n) is 3.11. The summed E-state index contributed by atoms with van der Waals surface area (Å²) >= 11 is 0. The Labute approximate surface area is 99.7 Å². The van der Waals surface area contributed by atoms with Crippen LogP contribution in [0.2, 0.25) is 0 Å². The van der Waals surface area contributed by atoms with E-state index in [-0.39, 0.29) is 12.1 Å². The summed E-state index contributed by atoms with van der Waals surface area (Å²) in [5, 5.41) is 13.3. The van der Waals surface area contributed by atoms with Crippen LogP contribution in [0.5, 0.6) is 0 Å². The average molecular weight is 241 g/mol. The second-order valence-electron chi connectivity index (χ2n) is 4.97. The number of hydrogen-bond donors (Lipinski definition) is 2. The minimum atomic E-state index is -1.31. The first-order valence-corrected chi connectivity index (χ1v) is 5.88. The van der Waals surface area contributed by atoms with Gasteiger partial charge in [0.2, 0.25) is 0 Å². The van der Waals surface area contributed by atoms with Crippen molar-refractivity contribution < 1.29 is 13.9 Å². The van der Waals surface area contributed by atoms with Crippen molar-refractivity contribution in [1.29, 1.82) is 0 Å². The van der Waals surface area contributed by atoms with Gasteiger partial charge in [0.1, 0.15) is 17.2 Å². The topological polar surface area (TPSA) is 32.3 Å². The smallest absolute Gasteiger partial charge is 0.132 e. The number of hydrogen-bond acceptors (Lipinski definition) is 2. The van der Waals surface area contributed by atoms with E-state index in [2.05, 4.69) is 5.32 Å². The number of rotatable bonds is 5. The van der Waals surface area contributed by atoms with Crippen molar-refractivity contribution in [2.75, 3.05) is 13.1 Å². The van der Waals surface area contributed by atoms with E-state index in [1.165, 1.54) is 25.8 Å². The highest BCUT2D eigenvalue weighted by atomic mass is 19.1. The maximum atomic E-state index is 13.5. The summed E-state index contributed by atoms with van der Waals surface area (Å²) in [6.45, 7) is 2.65. The Kier molecular flexibility index (Phi) is 3.45. The molecule has 1 aliphatic rings. The molecule has 0 heterocycles. The molecule has 1 atom stereocenters. The van der Waals surface area contributed by atoms with Gasteiger partial charge in [-0.15, -0.1) is 0 Å². The molecule has 1 saturated carbocycles. The van der Waals surface area contributed by atoms with Gasteiger partial charge in [-0.3, -0.25) is 0 Å². The zero-order valence-corrected chi connectivity index (χ0v) is 9.84. The number of aliphatic hydroxyl groups is 1. The third kappa shape index (κ3) is 3.23. The molecular weight excluding hydrogens is 224 g/mol. The Balaban J connectivity index is 2.01. The average Bonchev–Trinajstić information content (AvgIpc) is 3.00. The van der Waals surface area contributed by atoms with Crippen molar-refractivity contribution in [2.45, 2.75) is 25.4 Å². The molecule has 94 valence electrons. The number of halogens is 2. The van der Waals surface area contributed by atoms with Crippen LogP contribution in [0.1, 0.15) is 25.3 Å². The lowest BCUT2D eigenvalue weighted by atomic mass is 9.95. The molecule has 0 aromatic heterocycles. The molecule has 4 heteroatoms. The van der Waals surface area contributed by atoms with Crippen LogP contribution >= 0.6 is 0 Å². The van der Waals surface area contributed by atoms with Gasteiger partial charge in [-0.25, -0.2) is 8.78 Å². The Morgan fingerprint density at radius 3 is 2.71 bits per heavy atom. The van der Waals surface area contributed by atoms with E-state index in [1.54, 1.807) is 0 Å². The summed E-state index contributed by atoms with van der Waals surface area (Å²) in [6, 6.07) is 3.25. The van der Waals surface area contributed by atoms with Gasteiger partial charge >= 0.3 is 0 Å². The highest BCUT2D eigenvalue weighted by Gasteiger charge is 2.28. The SMILES string of the molecule is CC(O)(CNCC1CC1)c1ccc(F)cc1F. The van der Waals surface area contributed by atoms with Gasteiger partial charge < -0.3 is 10.4 Å². The first-order chi connectivity index (χ1) is 7.99. The number of benzene rings is 1. The fraction of sp³-hybridized carbons (Fsp3) is 0.538. The molecule has 0 spiro atoms. The number of nitrogens with one attached hydrogen (secondary N) is 1. The predicted molar refractivity (Wildman–Crippen MR) is 61.5 cm³/mol. The largest absolute Gasteiger partial charge is 0.384 e. The van der Waals surface area contributed by atoms with Crippen molar-refractivity contribution in [2.24, 2.45) is 5.92 Å². The first-order valence-electron chi connectivity index (χ1n) is 5.88. The molecular formula is C13H17F2NO. The Bertz CT molecular complexity index is 402. The van der Waals surface area contributed by atoms with Crippen LogP contribution in [-0.4, -0.2) is 18.2 Å². The lowest BCUT2D eigenvalue weighted by Crippen LogP contribution is -2.37. The standard InChI is InChI=1S/C13H17F2NO/c1-13(17,8-16-7-9-2-3-9)11-5-4-10(14)6-12(11)15/h4-6,9,16-17H,2-3,7-8H2,1H3. The van der Waals surface area contributed by atoms with Crippen molar-refractivity contribution in [1.82, 2.24) is 5.32 Å². The molecule has 1 fully saturated rings. The zero-order chi connectivity index (χ0) is 12.5. The maximum absolute atomic E-state index is 13.5. The van der Waals surface area contributed by atoms with Gasteiger partial charge in [0.25, 0.3) is 0 Å². The van der Waals surface area contributed by atoms with Crippen LogP contribution in [0, 0.1) is 17.6 Å². The summed E-state index contributed by atoms with van der Waals surface area (Å²) in [5.41, 5.74) is -1.19. The van der Waals surface area contributed by atoms with Crippen molar-refractivity contribution >= 4 is 0 Å². The van der Waals surface area contributed by atoms with E-state index >= 15 is 0 Å². The molecule has 0 bridgehead atoms. The van der Waals surface area contributed by atoms with E-state index in [9.17, 15) is 13.9 Å². The van der Waals surface area contributed by atoms with Crippen LogP contribution in [0.3, 0.4) is 0 Å². The molecule has 0 amide bonds. The first kappa shape index (κ1) is 12.5. The van der Waals surface area contributed by atoms with E-state index < -0.39 is 17.2 Å². The fourth-order valence-corrected chi connectivity index (χ4v) is 1.86. The van der Waals surface area contributed by atoms with E-state index in [0.717, 1.165) is 18.7 Å². The molecule has 17 heavy (non-hydrogen) atoms. The molecule has 0 radical (unpaired) electrons. The Morgan fingerprint density at radius 1 is 1.41 bits per heavy atom. The highest BCUT2D eigenvalue weighted by Crippen LogP contribution is 2.28.